The van der Waals surface area contributed by atoms with Crippen molar-refractivity contribution < 1.29 is 0 Å². The van der Waals surface area contributed by atoms with Gasteiger partial charge in [0.2, 0.25) is 0 Å². The zero-order valence-corrected chi connectivity index (χ0v) is 11.0. The number of thioether (sulfide) groups is 1. The van der Waals surface area contributed by atoms with Crippen molar-refractivity contribution in [3.8, 4) is 0 Å². The van der Waals surface area contributed by atoms with Gasteiger partial charge in [0.15, 0.2) is 0 Å². The Labute approximate surface area is 103 Å². The summed E-state index contributed by atoms with van der Waals surface area (Å²) in [5.41, 5.74) is 1.52. The molecule has 0 spiro atoms. The van der Waals surface area contributed by atoms with Crippen LogP contribution in [-0.2, 0) is 0 Å². The first-order valence-electron chi connectivity index (χ1n) is 6.08. The van der Waals surface area contributed by atoms with Crippen LogP contribution in [-0.4, -0.2) is 25.1 Å². The van der Waals surface area contributed by atoms with Gasteiger partial charge in [0.05, 0.1) is 0 Å². The van der Waals surface area contributed by atoms with Crippen LogP contribution in [0.1, 0.15) is 24.3 Å². The second-order valence-corrected chi connectivity index (χ2v) is 5.58. The van der Waals surface area contributed by atoms with E-state index in [1.165, 1.54) is 24.2 Å². The quantitative estimate of drug-likeness (QED) is 0.813. The molecule has 0 heterocycles. The van der Waals surface area contributed by atoms with Gasteiger partial charge in [-0.05, 0) is 49.3 Å². The summed E-state index contributed by atoms with van der Waals surface area (Å²) in [7, 11) is 2.10. The number of nitrogens with one attached hydrogen (secondary N) is 1. The molecule has 88 valence electrons. The predicted molar refractivity (Wildman–Crippen MR) is 73.1 cm³/mol. The van der Waals surface area contributed by atoms with Gasteiger partial charge in [0, 0.05) is 6.04 Å². The van der Waals surface area contributed by atoms with E-state index >= 15 is 0 Å². The molecule has 0 aliphatic heterocycles. The van der Waals surface area contributed by atoms with E-state index in [4.69, 9.17) is 0 Å². The van der Waals surface area contributed by atoms with Crippen molar-refractivity contribution in [2.24, 2.45) is 5.92 Å². The third kappa shape index (κ3) is 2.80. The van der Waals surface area contributed by atoms with Crippen molar-refractivity contribution in [2.75, 3.05) is 19.1 Å². The Hall–Kier alpha value is -0.470. The van der Waals surface area contributed by atoms with Crippen LogP contribution in [0.15, 0.2) is 30.3 Å². The van der Waals surface area contributed by atoms with Crippen LogP contribution in [0.4, 0.5) is 0 Å². The van der Waals surface area contributed by atoms with Gasteiger partial charge in [-0.25, -0.2) is 0 Å². The highest BCUT2D eigenvalue weighted by Crippen LogP contribution is 2.50. The molecule has 1 aromatic carbocycles. The summed E-state index contributed by atoms with van der Waals surface area (Å²) in [5.74, 6) is 2.93. The fourth-order valence-corrected chi connectivity index (χ4v) is 3.05. The van der Waals surface area contributed by atoms with Crippen LogP contribution in [0.3, 0.4) is 0 Å². The second kappa shape index (κ2) is 5.74. The van der Waals surface area contributed by atoms with Gasteiger partial charge in [-0.1, -0.05) is 30.3 Å². The van der Waals surface area contributed by atoms with E-state index in [1.54, 1.807) is 0 Å². The summed E-state index contributed by atoms with van der Waals surface area (Å²) < 4.78 is 0. The lowest BCUT2D eigenvalue weighted by atomic mass is 10.0. The van der Waals surface area contributed by atoms with E-state index in [-0.39, 0.29) is 0 Å². The van der Waals surface area contributed by atoms with Crippen molar-refractivity contribution in [1.29, 1.82) is 0 Å². The molecule has 0 bridgehead atoms. The van der Waals surface area contributed by atoms with Crippen LogP contribution in [0.25, 0.3) is 0 Å². The van der Waals surface area contributed by atoms with Crippen molar-refractivity contribution in [1.82, 2.24) is 5.32 Å². The summed E-state index contributed by atoms with van der Waals surface area (Å²) in [6.07, 6.45) is 4.85. The second-order valence-electron chi connectivity index (χ2n) is 4.59. The van der Waals surface area contributed by atoms with Crippen LogP contribution >= 0.6 is 11.8 Å². The molecule has 0 saturated heterocycles. The number of hydrogen-bond donors (Lipinski definition) is 1. The van der Waals surface area contributed by atoms with Crippen molar-refractivity contribution in [3.05, 3.63) is 35.9 Å². The van der Waals surface area contributed by atoms with Crippen molar-refractivity contribution in [2.45, 2.75) is 24.8 Å². The van der Waals surface area contributed by atoms with Crippen molar-refractivity contribution in [3.63, 3.8) is 0 Å². The number of rotatable bonds is 6. The first kappa shape index (κ1) is 12.0. The molecule has 16 heavy (non-hydrogen) atoms. The molecular weight excluding hydrogens is 214 g/mol. The lowest BCUT2D eigenvalue weighted by molar-refractivity contribution is 0.483. The molecule has 1 saturated carbocycles. The smallest absolute Gasteiger partial charge is 0.0106 e. The molecule has 1 aromatic rings. The largest absolute Gasteiger partial charge is 0.317 e. The van der Waals surface area contributed by atoms with Crippen LogP contribution in [0.2, 0.25) is 0 Å². The number of benzene rings is 1. The molecule has 1 fully saturated rings. The lowest BCUT2D eigenvalue weighted by Gasteiger charge is -2.15. The molecule has 1 nitrogen and oxygen atoms in total. The SMILES string of the molecule is CNC(CCSC)C1CC1c1ccccc1. The zero-order valence-electron chi connectivity index (χ0n) is 10.1. The Bertz CT molecular complexity index is 312. The van der Waals surface area contributed by atoms with Crippen LogP contribution in [0, 0.1) is 5.92 Å². The van der Waals surface area contributed by atoms with E-state index in [0.717, 1.165) is 11.8 Å². The van der Waals surface area contributed by atoms with E-state index in [0.29, 0.717) is 6.04 Å². The summed E-state index contributed by atoms with van der Waals surface area (Å²) in [5, 5.41) is 3.49. The third-order valence-electron chi connectivity index (χ3n) is 3.59. The molecular formula is C14H21NS. The summed E-state index contributed by atoms with van der Waals surface area (Å²) >= 11 is 1.95. The minimum atomic E-state index is 0.706. The predicted octanol–water partition coefficient (Wildman–Crippen LogP) is 3.13. The van der Waals surface area contributed by atoms with Crippen molar-refractivity contribution >= 4 is 11.8 Å². The van der Waals surface area contributed by atoms with Gasteiger partial charge in [-0.15, -0.1) is 0 Å². The van der Waals surface area contributed by atoms with Gasteiger partial charge in [-0.3, -0.25) is 0 Å². The van der Waals surface area contributed by atoms with E-state index < -0.39 is 0 Å². The normalized spacial score (nSPS) is 25.4. The average Bonchev–Trinajstić information content (AvgIpc) is 3.12. The Morgan fingerprint density at radius 1 is 1.38 bits per heavy atom. The Balaban J connectivity index is 1.89. The topological polar surface area (TPSA) is 12.0 Å². The maximum Gasteiger partial charge on any atom is 0.0106 e. The fourth-order valence-electron chi connectivity index (χ4n) is 2.56. The highest BCUT2D eigenvalue weighted by Gasteiger charge is 2.42. The molecule has 2 rings (SSSR count). The van der Waals surface area contributed by atoms with E-state index in [9.17, 15) is 0 Å². The van der Waals surface area contributed by atoms with Gasteiger partial charge < -0.3 is 5.32 Å². The highest BCUT2D eigenvalue weighted by atomic mass is 32.2. The fraction of sp³-hybridized carbons (Fsp3) is 0.571. The monoisotopic (exact) mass is 235 g/mol. The number of hydrogen-bond acceptors (Lipinski definition) is 2. The van der Waals surface area contributed by atoms with Gasteiger partial charge in [0.25, 0.3) is 0 Å². The molecule has 1 N–H and O–H groups in total. The van der Waals surface area contributed by atoms with Crippen LogP contribution < -0.4 is 5.32 Å². The molecule has 0 amide bonds. The van der Waals surface area contributed by atoms with Gasteiger partial charge in [0.1, 0.15) is 0 Å². The highest BCUT2D eigenvalue weighted by molar-refractivity contribution is 7.98. The van der Waals surface area contributed by atoms with E-state index in [1.807, 2.05) is 11.8 Å². The summed E-state index contributed by atoms with van der Waals surface area (Å²) in [4.78, 5) is 0. The first-order chi connectivity index (χ1) is 7.86. The van der Waals surface area contributed by atoms with E-state index in [2.05, 4.69) is 49.0 Å². The summed E-state index contributed by atoms with van der Waals surface area (Å²) in [6, 6.07) is 11.7. The molecule has 2 heteroatoms. The molecule has 0 radical (unpaired) electrons. The Morgan fingerprint density at radius 3 is 2.75 bits per heavy atom. The Morgan fingerprint density at radius 2 is 2.12 bits per heavy atom. The molecule has 0 aromatic heterocycles. The lowest BCUT2D eigenvalue weighted by Crippen LogP contribution is -2.28. The zero-order chi connectivity index (χ0) is 11.4. The van der Waals surface area contributed by atoms with Crippen LogP contribution in [0.5, 0.6) is 0 Å². The third-order valence-corrected chi connectivity index (χ3v) is 4.23. The Kier molecular flexibility index (Phi) is 4.30. The summed E-state index contributed by atoms with van der Waals surface area (Å²) in [6.45, 7) is 0. The minimum Gasteiger partial charge on any atom is -0.317 e. The molecule has 1 aliphatic carbocycles. The maximum absolute atomic E-state index is 3.49. The average molecular weight is 235 g/mol. The van der Waals surface area contributed by atoms with Gasteiger partial charge in [-0.2, -0.15) is 11.8 Å². The molecule has 3 atom stereocenters. The first-order valence-corrected chi connectivity index (χ1v) is 7.47. The molecule has 1 aliphatic rings. The molecule has 3 unspecified atom stereocenters. The standard InChI is InChI=1S/C14H21NS/c1-15-14(8-9-16-2)13-10-12(13)11-6-4-3-5-7-11/h3-7,12-15H,8-10H2,1-2H3. The minimum absolute atomic E-state index is 0.706. The van der Waals surface area contributed by atoms with Gasteiger partial charge >= 0.3 is 0 Å². The maximum atomic E-state index is 3.49.